The number of esters is 2. The number of carbonyl (C=O) groups is 2. The van der Waals surface area contributed by atoms with Crippen LogP contribution in [0.15, 0.2) is 72.9 Å². The van der Waals surface area contributed by atoms with Gasteiger partial charge in [0, 0.05) is 12.8 Å². The van der Waals surface area contributed by atoms with E-state index >= 15 is 0 Å². The van der Waals surface area contributed by atoms with Gasteiger partial charge in [0.15, 0.2) is 6.10 Å². The topological polar surface area (TPSA) is 149 Å². The van der Waals surface area contributed by atoms with Gasteiger partial charge in [-0.05, 0) is 83.5 Å². The predicted octanol–water partition coefficient (Wildman–Crippen LogP) is 10.9. The lowest BCUT2D eigenvalue weighted by atomic mass is 10.1. The smallest absolute Gasteiger partial charge is 0.462 e. The maximum atomic E-state index is 12.6. The number of carbonyl (C=O) groups excluding carboxylic acids is 2. The quantitative estimate of drug-likeness (QED) is 0.0239. The van der Waals surface area contributed by atoms with Crippen molar-refractivity contribution < 1.29 is 47.8 Å². The molecule has 0 aromatic heterocycles. The Labute approximate surface area is 333 Å². The summed E-state index contributed by atoms with van der Waals surface area (Å²) in [5, 5.41) is 18.3. The molecule has 316 valence electrons. The summed E-state index contributed by atoms with van der Waals surface area (Å²) in [6.07, 6.45) is 44.5. The minimum Gasteiger partial charge on any atom is -0.462 e. The van der Waals surface area contributed by atoms with E-state index in [0.717, 1.165) is 51.4 Å². The summed E-state index contributed by atoms with van der Waals surface area (Å²) in [5.74, 6) is -1.04. The van der Waals surface area contributed by atoms with Gasteiger partial charge in [-0.1, -0.05) is 132 Å². The molecule has 1 unspecified atom stereocenters. The Balaban J connectivity index is 4.49. The van der Waals surface area contributed by atoms with Gasteiger partial charge in [-0.15, -0.1) is 0 Å². The Morgan fingerprint density at radius 1 is 0.545 bits per heavy atom. The summed E-state index contributed by atoms with van der Waals surface area (Å²) in [7, 11) is -4.64. The molecule has 3 atom stereocenters. The largest absolute Gasteiger partial charge is 0.472 e. The normalized spacial score (nSPS) is 14.6. The fraction of sp³-hybridized carbons (Fsp3) is 0.682. The number of phosphoric acid groups is 1. The second-order valence-electron chi connectivity index (χ2n) is 13.7. The number of hydrogen-bond acceptors (Lipinski definition) is 9. The third-order valence-electron chi connectivity index (χ3n) is 8.33. The molecule has 3 N–H and O–H groups in total. The van der Waals surface area contributed by atoms with Gasteiger partial charge >= 0.3 is 19.8 Å². The lowest BCUT2D eigenvalue weighted by molar-refractivity contribution is -0.161. The highest BCUT2D eigenvalue weighted by Gasteiger charge is 2.27. The average molecular weight is 795 g/mol. The number of ether oxygens (including phenoxy) is 2. The van der Waals surface area contributed by atoms with Crippen molar-refractivity contribution >= 4 is 19.8 Å². The van der Waals surface area contributed by atoms with E-state index in [9.17, 15) is 24.2 Å². The van der Waals surface area contributed by atoms with Crippen molar-refractivity contribution in [3.63, 3.8) is 0 Å². The minimum atomic E-state index is -4.64. The molecule has 0 aliphatic carbocycles. The molecule has 0 radical (unpaired) electrons. The summed E-state index contributed by atoms with van der Waals surface area (Å²) < 4.78 is 32.6. The lowest BCUT2D eigenvalue weighted by Crippen LogP contribution is -2.29. The molecule has 0 fully saturated rings. The van der Waals surface area contributed by atoms with Gasteiger partial charge in [-0.3, -0.25) is 18.6 Å². The average Bonchev–Trinajstić information content (AvgIpc) is 3.17. The van der Waals surface area contributed by atoms with Crippen LogP contribution in [-0.2, 0) is 32.7 Å². The molecule has 0 spiro atoms. The van der Waals surface area contributed by atoms with E-state index in [1.165, 1.54) is 57.8 Å². The van der Waals surface area contributed by atoms with Crippen LogP contribution >= 0.6 is 7.82 Å². The van der Waals surface area contributed by atoms with E-state index < -0.39 is 51.8 Å². The first-order chi connectivity index (χ1) is 26.7. The van der Waals surface area contributed by atoms with Crippen molar-refractivity contribution in [2.24, 2.45) is 0 Å². The molecule has 0 heterocycles. The SMILES string of the molecule is CCCCCC=CCC=CCC=CCCCCC(=O)OC[C@H](COP(=O)(O)OC[C@@H](O)CO)OC(=O)CCCC=CCC=CCC=CCCCCCCCC. The van der Waals surface area contributed by atoms with Gasteiger partial charge in [0.1, 0.15) is 12.7 Å². The van der Waals surface area contributed by atoms with E-state index in [1.54, 1.807) is 0 Å². The molecular formula is C44H75O10P. The number of aliphatic hydroxyl groups excluding tert-OH is 2. The van der Waals surface area contributed by atoms with Gasteiger partial charge < -0.3 is 24.6 Å². The molecule has 0 bridgehead atoms. The molecule has 0 amide bonds. The summed E-state index contributed by atoms with van der Waals surface area (Å²) in [6.45, 7) is 2.22. The zero-order valence-corrected chi connectivity index (χ0v) is 35.0. The van der Waals surface area contributed by atoms with Crippen LogP contribution in [0.3, 0.4) is 0 Å². The maximum Gasteiger partial charge on any atom is 0.472 e. The fourth-order valence-electron chi connectivity index (χ4n) is 5.07. The Hall–Kier alpha value is -2.59. The van der Waals surface area contributed by atoms with E-state index in [-0.39, 0.29) is 19.4 Å². The third kappa shape index (κ3) is 39.4. The number of hydrogen-bond donors (Lipinski definition) is 3. The molecule has 0 saturated carbocycles. The fourth-order valence-corrected chi connectivity index (χ4v) is 5.86. The molecule has 0 aliphatic heterocycles. The Morgan fingerprint density at radius 2 is 0.964 bits per heavy atom. The van der Waals surface area contributed by atoms with Crippen LogP contribution in [0.5, 0.6) is 0 Å². The van der Waals surface area contributed by atoms with E-state index in [1.807, 2.05) is 6.08 Å². The Kier molecular flexibility index (Phi) is 37.8. The molecule has 0 aromatic carbocycles. The Morgan fingerprint density at radius 3 is 1.51 bits per heavy atom. The molecule has 0 saturated heterocycles. The summed E-state index contributed by atoms with van der Waals surface area (Å²) in [4.78, 5) is 34.9. The first kappa shape index (κ1) is 52.4. The first-order valence-electron chi connectivity index (χ1n) is 20.9. The first-order valence-corrected chi connectivity index (χ1v) is 22.4. The summed E-state index contributed by atoms with van der Waals surface area (Å²) in [5.41, 5.74) is 0. The van der Waals surface area contributed by atoms with Crippen LogP contribution in [0.4, 0.5) is 0 Å². The number of phosphoric ester groups is 1. The molecule has 0 aromatic rings. The molecule has 0 aliphatic rings. The maximum absolute atomic E-state index is 12.6. The van der Waals surface area contributed by atoms with Crippen molar-refractivity contribution in [3.8, 4) is 0 Å². The number of allylic oxidation sites excluding steroid dienone is 12. The van der Waals surface area contributed by atoms with Crippen molar-refractivity contribution in [1.82, 2.24) is 0 Å². The zero-order chi connectivity index (χ0) is 40.5. The highest BCUT2D eigenvalue weighted by atomic mass is 31.2. The van der Waals surface area contributed by atoms with Gasteiger partial charge in [0.05, 0.1) is 19.8 Å². The Bertz CT molecular complexity index is 1140. The molecule has 10 nitrogen and oxygen atoms in total. The highest BCUT2D eigenvalue weighted by Crippen LogP contribution is 2.43. The van der Waals surface area contributed by atoms with Gasteiger partial charge in [0.2, 0.25) is 0 Å². The second kappa shape index (κ2) is 39.6. The monoisotopic (exact) mass is 795 g/mol. The van der Waals surface area contributed by atoms with Crippen LogP contribution in [0, 0.1) is 0 Å². The second-order valence-corrected chi connectivity index (χ2v) is 15.1. The standard InChI is InChI=1S/C44H75O10P/c1-3-5-7-9-11-13-15-17-19-20-22-24-26-28-30-32-34-36-44(48)54-42(40-53-55(49,50)52-38-41(46)37-45)39-51-43(47)35-33-31-29-27-25-23-21-18-16-14-12-10-8-6-4-2/h12,14,17-19,21-22,24-25,27-28,30,41-42,45-46H,3-11,13,15-16,20,23,26,29,31-40H2,1-2H3,(H,49,50)/t41-,42+/m0/s1. The van der Waals surface area contributed by atoms with Crippen LogP contribution in [0.1, 0.15) is 155 Å². The molecular weight excluding hydrogens is 719 g/mol. The van der Waals surface area contributed by atoms with Crippen LogP contribution in [-0.4, -0.2) is 65.7 Å². The van der Waals surface area contributed by atoms with Crippen LogP contribution in [0.25, 0.3) is 0 Å². The van der Waals surface area contributed by atoms with Crippen LogP contribution in [0.2, 0.25) is 0 Å². The minimum absolute atomic E-state index is 0.101. The molecule has 0 rings (SSSR count). The van der Waals surface area contributed by atoms with Gasteiger partial charge in [0.25, 0.3) is 0 Å². The molecule has 11 heteroatoms. The van der Waals surface area contributed by atoms with E-state index in [0.29, 0.717) is 19.3 Å². The van der Waals surface area contributed by atoms with Crippen LogP contribution < -0.4 is 0 Å². The summed E-state index contributed by atoms with van der Waals surface area (Å²) >= 11 is 0. The number of rotatable bonds is 38. The third-order valence-corrected chi connectivity index (χ3v) is 9.28. The lowest BCUT2D eigenvalue weighted by Gasteiger charge is -2.20. The van der Waals surface area contributed by atoms with Crippen molar-refractivity contribution in [1.29, 1.82) is 0 Å². The number of aliphatic hydroxyl groups is 2. The predicted molar refractivity (Wildman–Crippen MR) is 223 cm³/mol. The van der Waals surface area contributed by atoms with Gasteiger partial charge in [-0.2, -0.15) is 0 Å². The van der Waals surface area contributed by atoms with Crippen molar-refractivity contribution in [2.75, 3.05) is 26.4 Å². The number of unbranched alkanes of at least 4 members (excludes halogenated alkanes) is 12. The molecule has 55 heavy (non-hydrogen) atoms. The summed E-state index contributed by atoms with van der Waals surface area (Å²) in [6, 6.07) is 0. The van der Waals surface area contributed by atoms with E-state index in [2.05, 4.69) is 85.2 Å². The zero-order valence-electron chi connectivity index (χ0n) is 34.1. The van der Waals surface area contributed by atoms with E-state index in [4.69, 9.17) is 19.1 Å². The highest BCUT2D eigenvalue weighted by molar-refractivity contribution is 7.47. The van der Waals surface area contributed by atoms with Gasteiger partial charge in [-0.25, -0.2) is 4.57 Å². The van der Waals surface area contributed by atoms with Crippen molar-refractivity contribution in [2.45, 2.75) is 167 Å². The van der Waals surface area contributed by atoms with Crippen molar-refractivity contribution in [3.05, 3.63) is 72.9 Å².